The Balaban J connectivity index is 1.65. The van der Waals surface area contributed by atoms with E-state index < -0.39 is 0 Å². The summed E-state index contributed by atoms with van der Waals surface area (Å²) in [5.41, 5.74) is 2.63. The summed E-state index contributed by atoms with van der Waals surface area (Å²) >= 11 is 6.28. The predicted molar refractivity (Wildman–Crippen MR) is 123 cm³/mol. The SMILES string of the molecule is Cc1ccc(Nc2ncnc3cc(OCC4CNCCO4)c(OC(C)C)cc23)cc1Cl. The summed E-state index contributed by atoms with van der Waals surface area (Å²) in [6.45, 7) is 8.69. The first-order valence-electron chi connectivity index (χ1n) is 10.4. The van der Waals surface area contributed by atoms with Gasteiger partial charge in [-0.1, -0.05) is 17.7 Å². The summed E-state index contributed by atoms with van der Waals surface area (Å²) in [6.07, 6.45) is 1.52. The first-order valence-corrected chi connectivity index (χ1v) is 10.8. The number of nitrogens with zero attached hydrogens (tertiary/aromatic N) is 2. The third-order valence-corrected chi connectivity index (χ3v) is 5.33. The van der Waals surface area contributed by atoms with Gasteiger partial charge >= 0.3 is 0 Å². The maximum Gasteiger partial charge on any atom is 0.163 e. The highest BCUT2D eigenvalue weighted by Gasteiger charge is 2.18. The summed E-state index contributed by atoms with van der Waals surface area (Å²) in [4.78, 5) is 8.87. The van der Waals surface area contributed by atoms with Crippen molar-refractivity contribution in [1.82, 2.24) is 15.3 Å². The van der Waals surface area contributed by atoms with Crippen molar-refractivity contribution in [2.45, 2.75) is 33.0 Å². The van der Waals surface area contributed by atoms with Gasteiger partial charge in [-0.25, -0.2) is 9.97 Å². The van der Waals surface area contributed by atoms with Gasteiger partial charge in [-0.15, -0.1) is 0 Å². The molecule has 7 nitrogen and oxygen atoms in total. The number of hydrogen-bond acceptors (Lipinski definition) is 7. The Morgan fingerprint density at radius 1 is 1.23 bits per heavy atom. The van der Waals surface area contributed by atoms with Crippen LogP contribution in [0.3, 0.4) is 0 Å². The average molecular weight is 443 g/mol. The number of aryl methyl sites for hydroxylation is 1. The third kappa shape index (κ3) is 5.36. The first-order chi connectivity index (χ1) is 15.0. The molecule has 1 aliphatic rings. The molecule has 0 aliphatic carbocycles. The minimum absolute atomic E-state index is 0.00487. The monoisotopic (exact) mass is 442 g/mol. The van der Waals surface area contributed by atoms with Gasteiger partial charge in [0.15, 0.2) is 11.5 Å². The second-order valence-corrected chi connectivity index (χ2v) is 8.21. The maximum atomic E-state index is 6.28. The second-order valence-electron chi connectivity index (χ2n) is 7.80. The summed E-state index contributed by atoms with van der Waals surface area (Å²) in [6, 6.07) is 9.62. The lowest BCUT2D eigenvalue weighted by molar-refractivity contribution is -0.000505. The summed E-state index contributed by atoms with van der Waals surface area (Å²) in [5.74, 6) is 1.95. The lowest BCUT2D eigenvalue weighted by Crippen LogP contribution is -2.41. The van der Waals surface area contributed by atoms with Gasteiger partial charge in [-0.2, -0.15) is 0 Å². The van der Waals surface area contributed by atoms with Crippen LogP contribution in [0.1, 0.15) is 19.4 Å². The molecule has 0 amide bonds. The minimum atomic E-state index is -0.00987. The molecule has 164 valence electrons. The maximum absolute atomic E-state index is 6.28. The van der Waals surface area contributed by atoms with E-state index in [9.17, 15) is 0 Å². The van der Waals surface area contributed by atoms with E-state index in [1.165, 1.54) is 6.33 Å². The molecule has 0 spiro atoms. The standard InChI is InChI=1S/C23H27ClN4O3/c1-14(2)31-22-9-18-20(10-21(22)30-12-17-11-25-6-7-29-17)26-13-27-23(18)28-16-5-4-15(3)19(24)8-16/h4-5,8-10,13-14,17,25H,6-7,11-12H2,1-3H3,(H,26,27,28). The molecule has 1 fully saturated rings. The van der Waals surface area contributed by atoms with Crippen molar-refractivity contribution < 1.29 is 14.2 Å². The van der Waals surface area contributed by atoms with Crippen molar-refractivity contribution in [2.75, 3.05) is 31.6 Å². The Hall–Kier alpha value is -2.61. The Bertz CT molecular complexity index is 1050. The normalized spacial score (nSPS) is 16.5. The fourth-order valence-corrected chi connectivity index (χ4v) is 3.52. The Morgan fingerprint density at radius 3 is 2.84 bits per heavy atom. The Kier molecular flexibility index (Phi) is 6.75. The van der Waals surface area contributed by atoms with Crippen LogP contribution in [0.15, 0.2) is 36.7 Å². The molecular formula is C23H27ClN4O3. The van der Waals surface area contributed by atoms with Crippen molar-refractivity contribution in [3.8, 4) is 11.5 Å². The number of morpholine rings is 1. The lowest BCUT2D eigenvalue weighted by Gasteiger charge is -2.24. The molecule has 1 unspecified atom stereocenters. The summed E-state index contributed by atoms with van der Waals surface area (Å²) in [5, 5.41) is 8.18. The van der Waals surface area contributed by atoms with Crippen molar-refractivity contribution in [3.05, 3.63) is 47.2 Å². The van der Waals surface area contributed by atoms with Gasteiger partial charge in [0.2, 0.25) is 0 Å². The van der Waals surface area contributed by atoms with Crippen LogP contribution in [0.4, 0.5) is 11.5 Å². The van der Waals surface area contributed by atoms with Gasteiger partial charge < -0.3 is 24.8 Å². The molecule has 1 saturated heterocycles. The van der Waals surface area contributed by atoms with Crippen LogP contribution in [0.2, 0.25) is 5.02 Å². The fourth-order valence-electron chi connectivity index (χ4n) is 3.34. The van der Waals surface area contributed by atoms with E-state index in [0.717, 1.165) is 35.2 Å². The van der Waals surface area contributed by atoms with Crippen LogP contribution in [0.25, 0.3) is 10.9 Å². The van der Waals surface area contributed by atoms with Crippen LogP contribution in [-0.2, 0) is 4.74 Å². The molecule has 1 aromatic heterocycles. The van der Waals surface area contributed by atoms with Crippen LogP contribution in [0, 0.1) is 6.92 Å². The van der Waals surface area contributed by atoms with Crippen LogP contribution in [-0.4, -0.2) is 48.5 Å². The van der Waals surface area contributed by atoms with Crippen LogP contribution >= 0.6 is 11.6 Å². The molecule has 1 aliphatic heterocycles. The third-order valence-electron chi connectivity index (χ3n) is 4.93. The van der Waals surface area contributed by atoms with Crippen LogP contribution in [0.5, 0.6) is 11.5 Å². The van der Waals surface area contributed by atoms with E-state index in [2.05, 4.69) is 20.6 Å². The van der Waals surface area contributed by atoms with E-state index in [1.54, 1.807) is 0 Å². The summed E-state index contributed by atoms with van der Waals surface area (Å²) < 4.78 is 17.9. The minimum Gasteiger partial charge on any atom is -0.487 e. The van der Waals surface area contributed by atoms with Crippen molar-refractivity contribution >= 4 is 34.0 Å². The van der Waals surface area contributed by atoms with Gasteiger partial charge in [0.25, 0.3) is 0 Å². The molecule has 4 rings (SSSR count). The number of nitrogens with one attached hydrogen (secondary N) is 2. The number of rotatable bonds is 7. The largest absolute Gasteiger partial charge is 0.487 e. The molecular weight excluding hydrogens is 416 g/mol. The second kappa shape index (κ2) is 9.68. The molecule has 3 aromatic rings. The number of anilines is 2. The first kappa shape index (κ1) is 21.6. The highest BCUT2D eigenvalue weighted by atomic mass is 35.5. The summed E-state index contributed by atoms with van der Waals surface area (Å²) in [7, 11) is 0. The number of fused-ring (bicyclic) bond motifs is 1. The zero-order valence-electron chi connectivity index (χ0n) is 17.9. The molecule has 1 atom stereocenters. The predicted octanol–water partition coefficient (Wildman–Crippen LogP) is 4.49. The lowest BCUT2D eigenvalue weighted by atomic mass is 10.2. The average Bonchev–Trinajstić information content (AvgIpc) is 2.75. The van der Waals surface area contributed by atoms with E-state index in [0.29, 0.717) is 35.6 Å². The van der Waals surface area contributed by atoms with Gasteiger partial charge in [-0.3, -0.25) is 0 Å². The smallest absolute Gasteiger partial charge is 0.163 e. The molecule has 31 heavy (non-hydrogen) atoms. The molecule has 2 heterocycles. The van der Waals surface area contributed by atoms with Gasteiger partial charge in [-0.05, 0) is 44.5 Å². The molecule has 2 N–H and O–H groups in total. The van der Waals surface area contributed by atoms with E-state index >= 15 is 0 Å². The quantitative estimate of drug-likeness (QED) is 0.558. The fraction of sp³-hybridized carbons (Fsp3) is 0.391. The Labute approximate surface area is 187 Å². The molecule has 8 heteroatoms. The number of ether oxygens (including phenoxy) is 3. The van der Waals surface area contributed by atoms with Gasteiger partial charge in [0.1, 0.15) is 24.9 Å². The number of halogens is 1. The van der Waals surface area contributed by atoms with Crippen molar-refractivity contribution in [2.24, 2.45) is 0 Å². The number of aromatic nitrogens is 2. The highest BCUT2D eigenvalue weighted by Crippen LogP contribution is 2.36. The van der Waals surface area contributed by atoms with E-state index in [4.69, 9.17) is 25.8 Å². The van der Waals surface area contributed by atoms with E-state index in [1.807, 2.05) is 51.1 Å². The van der Waals surface area contributed by atoms with Crippen LogP contribution < -0.4 is 20.1 Å². The topological polar surface area (TPSA) is 77.5 Å². The van der Waals surface area contributed by atoms with Crippen molar-refractivity contribution in [1.29, 1.82) is 0 Å². The van der Waals surface area contributed by atoms with Crippen molar-refractivity contribution in [3.63, 3.8) is 0 Å². The highest BCUT2D eigenvalue weighted by molar-refractivity contribution is 6.31. The molecule has 2 aromatic carbocycles. The molecule has 0 bridgehead atoms. The molecule has 0 radical (unpaired) electrons. The molecule has 0 saturated carbocycles. The zero-order chi connectivity index (χ0) is 21.8. The Morgan fingerprint density at radius 2 is 2.10 bits per heavy atom. The van der Waals surface area contributed by atoms with Gasteiger partial charge in [0, 0.05) is 35.3 Å². The van der Waals surface area contributed by atoms with Gasteiger partial charge in [0.05, 0.1) is 18.2 Å². The number of hydrogen-bond donors (Lipinski definition) is 2. The van der Waals surface area contributed by atoms with E-state index in [-0.39, 0.29) is 12.2 Å². The zero-order valence-corrected chi connectivity index (χ0v) is 18.7. The number of benzene rings is 2.